The fourth-order valence-electron chi connectivity index (χ4n) is 4.62. The zero-order chi connectivity index (χ0) is 21.4. The van der Waals surface area contributed by atoms with Crippen LogP contribution in [0, 0.1) is 0 Å². The number of fused-ring (bicyclic) bond motifs is 2. The summed E-state index contributed by atoms with van der Waals surface area (Å²) in [6, 6.07) is 14.2. The topological polar surface area (TPSA) is 47.2 Å². The van der Waals surface area contributed by atoms with Crippen molar-refractivity contribution in [3.63, 3.8) is 0 Å². The first kappa shape index (κ1) is 20.3. The zero-order valence-electron chi connectivity index (χ0n) is 17.5. The Morgan fingerprint density at radius 2 is 1.77 bits per heavy atom. The van der Waals surface area contributed by atoms with Crippen LogP contribution in [0.15, 0.2) is 58.0 Å². The molecule has 3 aromatic heterocycles. The molecule has 0 saturated carbocycles. The molecule has 1 aromatic carbocycles. The lowest BCUT2D eigenvalue weighted by molar-refractivity contribution is -0.133. The summed E-state index contributed by atoms with van der Waals surface area (Å²) in [5.74, 6) is 0.106. The van der Waals surface area contributed by atoms with Crippen LogP contribution in [0.4, 0.5) is 0 Å². The first-order valence-electron chi connectivity index (χ1n) is 10.8. The molecule has 0 bridgehead atoms. The fourth-order valence-corrected chi connectivity index (χ4v) is 6.38. The highest BCUT2D eigenvalue weighted by molar-refractivity contribution is 7.10. The molecule has 0 aliphatic carbocycles. The molecule has 0 radical (unpaired) electrons. The molecule has 5 rings (SSSR count). The second-order valence-corrected chi connectivity index (χ2v) is 9.86. The summed E-state index contributed by atoms with van der Waals surface area (Å²) in [5, 5.41) is 4.20. The van der Waals surface area contributed by atoms with E-state index in [4.69, 9.17) is 0 Å². The van der Waals surface area contributed by atoms with Crippen LogP contribution >= 0.6 is 22.7 Å². The number of hydrogen-bond acceptors (Lipinski definition) is 4. The minimum atomic E-state index is -0.0237. The molecule has 0 fully saturated rings. The van der Waals surface area contributed by atoms with Gasteiger partial charge in [0.15, 0.2) is 0 Å². The van der Waals surface area contributed by atoms with Gasteiger partial charge in [-0.15, -0.1) is 22.7 Å². The predicted octanol–water partition coefficient (Wildman–Crippen LogP) is 4.90. The second-order valence-electron chi connectivity index (χ2n) is 7.88. The van der Waals surface area contributed by atoms with Gasteiger partial charge in [-0.2, -0.15) is 0 Å². The molecule has 0 N–H and O–H groups in total. The summed E-state index contributed by atoms with van der Waals surface area (Å²) < 4.78 is 3.59. The Labute approximate surface area is 189 Å². The van der Waals surface area contributed by atoms with Crippen LogP contribution in [0.25, 0.3) is 11.0 Å². The Bertz CT molecular complexity index is 1270. The monoisotopic (exact) mass is 451 g/mol. The number of carbonyl (C=O) groups excluding carboxylic acids is 1. The van der Waals surface area contributed by atoms with Crippen molar-refractivity contribution >= 4 is 39.6 Å². The number of thiophene rings is 2. The molecular weight excluding hydrogens is 426 g/mol. The minimum Gasteiger partial charge on any atom is -0.330 e. The van der Waals surface area contributed by atoms with Crippen molar-refractivity contribution in [3.8, 4) is 0 Å². The van der Waals surface area contributed by atoms with Crippen LogP contribution in [-0.2, 0) is 24.3 Å². The zero-order valence-corrected chi connectivity index (χ0v) is 19.1. The molecule has 7 heteroatoms. The summed E-state index contributed by atoms with van der Waals surface area (Å²) in [6.45, 7) is 3.89. The number of imidazole rings is 1. The number of para-hydroxylation sites is 2. The van der Waals surface area contributed by atoms with Crippen molar-refractivity contribution in [2.24, 2.45) is 0 Å². The number of rotatable bonds is 6. The number of nitrogens with zero attached hydrogens (tertiary/aromatic N) is 3. The summed E-state index contributed by atoms with van der Waals surface area (Å²) in [7, 11) is 0. The number of aryl methyl sites for hydroxylation is 2. The van der Waals surface area contributed by atoms with Gasteiger partial charge in [0.2, 0.25) is 5.91 Å². The molecule has 0 unspecified atom stereocenters. The standard InChI is InChI=1S/C24H25N3O2S2/c1-2-12-25-18-6-3-4-7-19(18)26(24(25)29)14-10-22(28)27-13-9-20-17(11-16-31-20)23(27)21-8-5-15-30-21/h3-8,11,15-16,23H,2,9-10,12-14H2,1H3/t23-/m0/s1. The third-order valence-corrected chi connectivity index (χ3v) is 7.94. The van der Waals surface area contributed by atoms with E-state index in [0.29, 0.717) is 19.5 Å². The van der Waals surface area contributed by atoms with Crippen molar-refractivity contribution in [1.29, 1.82) is 0 Å². The third kappa shape index (κ3) is 3.55. The van der Waals surface area contributed by atoms with E-state index in [-0.39, 0.29) is 17.6 Å². The number of amides is 1. The largest absolute Gasteiger partial charge is 0.330 e. The average molecular weight is 452 g/mol. The van der Waals surface area contributed by atoms with Gasteiger partial charge in [-0.05, 0) is 53.4 Å². The molecule has 0 spiro atoms. The van der Waals surface area contributed by atoms with Gasteiger partial charge in [0.25, 0.3) is 0 Å². The lowest BCUT2D eigenvalue weighted by atomic mass is 9.98. The smallest absolute Gasteiger partial charge is 0.329 e. The highest BCUT2D eigenvalue weighted by atomic mass is 32.1. The molecule has 5 nitrogen and oxygen atoms in total. The van der Waals surface area contributed by atoms with Crippen molar-refractivity contribution in [1.82, 2.24) is 14.0 Å². The Kier molecular flexibility index (Phi) is 5.54. The summed E-state index contributed by atoms with van der Waals surface area (Å²) in [5.41, 5.74) is 3.08. The summed E-state index contributed by atoms with van der Waals surface area (Å²) >= 11 is 3.48. The van der Waals surface area contributed by atoms with Gasteiger partial charge in [-0.25, -0.2) is 4.79 Å². The molecule has 160 valence electrons. The van der Waals surface area contributed by atoms with E-state index in [0.717, 1.165) is 30.4 Å². The maximum absolute atomic E-state index is 13.4. The van der Waals surface area contributed by atoms with E-state index in [9.17, 15) is 9.59 Å². The second kappa shape index (κ2) is 8.48. The van der Waals surface area contributed by atoms with Gasteiger partial charge >= 0.3 is 5.69 Å². The Hall–Kier alpha value is -2.64. The molecule has 0 saturated heterocycles. The van der Waals surface area contributed by atoms with Crippen molar-refractivity contribution < 1.29 is 4.79 Å². The fraction of sp³-hybridized carbons (Fsp3) is 0.333. The van der Waals surface area contributed by atoms with E-state index in [1.165, 1.54) is 15.3 Å². The number of carbonyl (C=O) groups is 1. The van der Waals surface area contributed by atoms with E-state index in [1.807, 2.05) is 39.8 Å². The van der Waals surface area contributed by atoms with E-state index in [2.05, 4.69) is 29.8 Å². The lowest BCUT2D eigenvalue weighted by Crippen LogP contribution is -2.40. The van der Waals surface area contributed by atoms with Crippen LogP contribution in [0.1, 0.15) is 41.1 Å². The van der Waals surface area contributed by atoms with Crippen molar-refractivity contribution in [3.05, 3.63) is 79.0 Å². The Balaban J connectivity index is 1.42. The van der Waals surface area contributed by atoms with Crippen LogP contribution < -0.4 is 5.69 Å². The SMILES string of the molecule is CCCn1c(=O)n(CCC(=O)N2CCc3sccc3[C@H]2c2cccs2)c2ccccc21. The van der Waals surface area contributed by atoms with Crippen molar-refractivity contribution in [2.45, 2.75) is 45.3 Å². The van der Waals surface area contributed by atoms with Crippen LogP contribution in [0.3, 0.4) is 0 Å². The highest BCUT2D eigenvalue weighted by Gasteiger charge is 2.33. The highest BCUT2D eigenvalue weighted by Crippen LogP contribution is 2.39. The van der Waals surface area contributed by atoms with Gasteiger partial charge in [-0.3, -0.25) is 13.9 Å². The minimum absolute atomic E-state index is 0.0133. The van der Waals surface area contributed by atoms with Gasteiger partial charge in [0, 0.05) is 35.8 Å². The molecule has 1 amide bonds. The van der Waals surface area contributed by atoms with Crippen LogP contribution in [0.2, 0.25) is 0 Å². The predicted molar refractivity (Wildman–Crippen MR) is 127 cm³/mol. The Morgan fingerprint density at radius 3 is 2.48 bits per heavy atom. The van der Waals surface area contributed by atoms with Crippen LogP contribution in [-0.4, -0.2) is 26.5 Å². The molecule has 31 heavy (non-hydrogen) atoms. The summed E-state index contributed by atoms with van der Waals surface area (Å²) in [4.78, 5) is 31.0. The molecule has 1 atom stereocenters. The average Bonchev–Trinajstić information content (AvgIpc) is 3.53. The van der Waals surface area contributed by atoms with Gasteiger partial charge < -0.3 is 4.90 Å². The quantitative estimate of drug-likeness (QED) is 0.419. The molecular formula is C24H25N3O2S2. The molecule has 1 aliphatic heterocycles. The normalized spacial score (nSPS) is 16.0. The number of hydrogen-bond donors (Lipinski definition) is 0. The number of benzene rings is 1. The van der Waals surface area contributed by atoms with Crippen LogP contribution in [0.5, 0.6) is 0 Å². The Morgan fingerprint density at radius 1 is 1.00 bits per heavy atom. The van der Waals surface area contributed by atoms with Gasteiger partial charge in [-0.1, -0.05) is 25.1 Å². The first-order chi connectivity index (χ1) is 15.2. The lowest BCUT2D eigenvalue weighted by Gasteiger charge is -2.35. The van der Waals surface area contributed by atoms with Crippen molar-refractivity contribution in [2.75, 3.05) is 6.54 Å². The van der Waals surface area contributed by atoms with E-state index < -0.39 is 0 Å². The maximum Gasteiger partial charge on any atom is 0.329 e. The number of aromatic nitrogens is 2. The van der Waals surface area contributed by atoms with Gasteiger partial charge in [0.1, 0.15) is 0 Å². The van der Waals surface area contributed by atoms with E-state index in [1.54, 1.807) is 27.2 Å². The van der Waals surface area contributed by atoms with E-state index >= 15 is 0 Å². The third-order valence-electron chi connectivity index (χ3n) is 6.02. The summed E-state index contributed by atoms with van der Waals surface area (Å²) in [6.07, 6.45) is 2.11. The molecule has 4 heterocycles. The first-order valence-corrected chi connectivity index (χ1v) is 12.5. The maximum atomic E-state index is 13.4. The van der Waals surface area contributed by atoms with Gasteiger partial charge in [0.05, 0.1) is 17.1 Å². The molecule has 1 aliphatic rings. The molecule has 4 aromatic rings.